The quantitative estimate of drug-likeness (QED) is 0.871. The number of nitrogens with one attached hydrogen (secondary N) is 1. The first-order valence-corrected chi connectivity index (χ1v) is 8.96. The molecule has 26 heavy (non-hydrogen) atoms. The fourth-order valence-corrected chi connectivity index (χ4v) is 3.67. The summed E-state index contributed by atoms with van der Waals surface area (Å²) < 4.78 is 10.7. The van der Waals surface area contributed by atoms with Crippen LogP contribution in [0.4, 0.5) is 0 Å². The van der Waals surface area contributed by atoms with E-state index < -0.39 is 0 Å². The Morgan fingerprint density at radius 2 is 1.96 bits per heavy atom. The average molecular weight is 375 g/mol. The standard InChI is InChI=1S/C20H23ClN2O3/c1-25-18-11-14(10-16(21)20(18)26-2)13-23-9-8-22-19(24)12-17(23)15-6-4-3-5-7-15/h3-7,10-11,17H,8-9,12-13H2,1-2H3,(H,22,24). The highest BCUT2D eigenvalue weighted by molar-refractivity contribution is 6.32. The Hall–Kier alpha value is -2.24. The van der Waals surface area contributed by atoms with Crippen molar-refractivity contribution in [2.24, 2.45) is 0 Å². The van der Waals surface area contributed by atoms with Crippen molar-refractivity contribution in [1.82, 2.24) is 10.2 Å². The van der Waals surface area contributed by atoms with Crippen molar-refractivity contribution in [1.29, 1.82) is 0 Å². The van der Waals surface area contributed by atoms with Gasteiger partial charge in [0.2, 0.25) is 5.91 Å². The largest absolute Gasteiger partial charge is 0.493 e. The van der Waals surface area contributed by atoms with E-state index in [0.717, 1.165) is 17.7 Å². The van der Waals surface area contributed by atoms with Crippen LogP contribution in [0.1, 0.15) is 23.6 Å². The van der Waals surface area contributed by atoms with E-state index in [9.17, 15) is 4.79 Å². The number of benzene rings is 2. The molecule has 0 spiro atoms. The van der Waals surface area contributed by atoms with Crippen molar-refractivity contribution in [3.05, 3.63) is 58.6 Å². The molecule has 0 aromatic heterocycles. The van der Waals surface area contributed by atoms with Crippen LogP contribution < -0.4 is 14.8 Å². The lowest BCUT2D eigenvalue weighted by Crippen LogP contribution is -2.30. The molecule has 1 aliphatic rings. The van der Waals surface area contributed by atoms with Gasteiger partial charge in [0, 0.05) is 32.1 Å². The van der Waals surface area contributed by atoms with Crippen molar-refractivity contribution in [3.8, 4) is 11.5 Å². The normalized spacial score (nSPS) is 18.1. The molecule has 3 rings (SSSR count). The van der Waals surface area contributed by atoms with Crippen molar-refractivity contribution in [3.63, 3.8) is 0 Å². The summed E-state index contributed by atoms with van der Waals surface area (Å²) in [6.45, 7) is 2.05. The van der Waals surface area contributed by atoms with Crippen LogP contribution in [0.2, 0.25) is 5.02 Å². The summed E-state index contributed by atoms with van der Waals surface area (Å²) in [7, 11) is 3.17. The molecule has 1 saturated heterocycles. The number of halogens is 1. The zero-order valence-corrected chi connectivity index (χ0v) is 15.8. The van der Waals surface area contributed by atoms with E-state index >= 15 is 0 Å². The van der Waals surface area contributed by atoms with E-state index in [1.54, 1.807) is 14.2 Å². The second kappa shape index (κ2) is 8.43. The third-order valence-corrected chi connectivity index (χ3v) is 4.88. The Labute approximate surface area is 158 Å². The zero-order valence-electron chi connectivity index (χ0n) is 15.0. The molecule has 1 N–H and O–H groups in total. The molecule has 2 aromatic carbocycles. The smallest absolute Gasteiger partial charge is 0.221 e. The SMILES string of the molecule is COc1cc(CN2CCNC(=O)CC2c2ccccc2)cc(Cl)c1OC. The molecule has 1 atom stereocenters. The lowest BCUT2D eigenvalue weighted by Gasteiger charge is -2.29. The summed E-state index contributed by atoms with van der Waals surface area (Å²) in [5.41, 5.74) is 2.15. The molecule has 0 saturated carbocycles. The highest BCUT2D eigenvalue weighted by Gasteiger charge is 2.26. The first-order chi connectivity index (χ1) is 12.6. The van der Waals surface area contributed by atoms with Crippen LogP contribution >= 0.6 is 11.6 Å². The number of hydrogen-bond acceptors (Lipinski definition) is 4. The Morgan fingerprint density at radius 3 is 2.65 bits per heavy atom. The molecule has 1 heterocycles. The Morgan fingerprint density at radius 1 is 1.19 bits per heavy atom. The van der Waals surface area contributed by atoms with Gasteiger partial charge in [-0.3, -0.25) is 9.69 Å². The topological polar surface area (TPSA) is 50.8 Å². The maximum atomic E-state index is 12.1. The maximum absolute atomic E-state index is 12.1. The molecule has 1 amide bonds. The Balaban J connectivity index is 1.90. The third-order valence-electron chi connectivity index (χ3n) is 4.60. The van der Waals surface area contributed by atoms with Gasteiger partial charge >= 0.3 is 0 Å². The average Bonchev–Trinajstić information content (AvgIpc) is 2.83. The molecule has 5 nitrogen and oxygen atoms in total. The van der Waals surface area contributed by atoms with Crippen molar-refractivity contribution in [2.75, 3.05) is 27.3 Å². The fraction of sp³-hybridized carbons (Fsp3) is 0.350. The lowest BCUT2D eigenvalue weighted by molar-refractivity contribution is -0.121. The Bertz CT molecular complexity index is 767. The first kappa shape index (κ1) is 18.5. The van der Waals surface area contributed by atoms with Crippen LogP contribution in [-0.4, -0.2) is 38.1 Å². The molecule has 6 heteroatoms. The van der Waals surface area contributed by atoms with Crippen molar-refractivity contribution < 1.29 is 14.3 Å². The highest BCUT2D eigenvalue weighted by Crippen LogP contribution is 2.37. The van der Waals surface area contributed by atoms with Gasteiger partial charge in [0.15, 0.2) is 11.5 Å². The summed E-state index contributed by atoms with van der Waals surface area (Å²) >= 11 is 6.35. The minimum absolute atomic E-state index is 0.0190. The van der Waals surface area contributed by atoms with E-state index in [-0.39, 0.29) is 11.9 Å². The number of rotatable bonds is 5. The van der Waals surface area contributed by atoms with E-state index in [2.05, 4.69) is 22.3 Å². The molecule has 1 aliphatic heterocycles. The second-order valence-electron chi connectivity index (χ2n) is 6.26. The van der Waals surface area contributed by atoms with Crippen LogP contribution in [0, 0.1) is 0 Å². The lowest BCUT2D eigenvalue weighted by atomic mass is 10.0. The van der Waals surface area contributed by atoms with Gasteiger partial charge in [-0.2, -0.15) is 0 Å². The van der Waals surface area contributed by atoms with Gasteiger partial charge in [-0.25, -0.2) is 0 Å². The number of carbonyl (C=O) groups is 1. The highest BCUT2D eigenvalue weighted by atomic mass is 35.5. The molecule has 0 aliphatic carbocycles. The predicted octanol–water partition coefficient (Wildman–Crippen LogP) is 3.42. The number of ether oxygens (including phenoxy) is 2. The molecule has 138 valence electrons. The van der Waals surface area contributed by atoms with Crippen LogP contribution in [0.3, 0.4) is 0 Å². The monoisotopic (exact) mass is 374 g/mol. The van der Waals surface area contributed by atoms with E-state index in [1.807, 2.05) is 30.3 Å². The summed E-state index contributed by atoms with van der Waals surface area (Å²) in [6.07, 6.45) is 0.436. The van der Waals surface area contributed by atoms with Gasteiger partial charge in [0.1, 0.15) is 0 Å². The number of nitrogens with zero attached hydrogens (tertiary/aromatic N) is 1. The van der Waals surface area contributed by atoms with Gasteiger partial charge in [-0.05, 0) is 23.3 Å². The van der Waals surface area contributed by atoms with Crippen LogP contribution in [-0.2, 0) is 11.3 Å². The van der Waals surface area contributed by atoms with Crippen LogP contribution in [0.25, 0.3) is 0 Å². The van der Waals surface area contributed by atoms with E-state index in [4.69, 9.17) is 21.1 Å². The molecule has 1 unspecified atom stereocenters. The molecular formula is C20H23ClN2O3. The first-order valence-electron chi connectivity index (χ1n) is 8.58. The molecule has 1 fully saturated rings. The van der Waals surface area contributed by atoms with Gasteiger partial charge in [-0.15, -0.1) is 0 Å². The fourth-order valence-electron chi connectivity index (χ4n) is 3.36. The number of methoxy groups -OCH3 is 2. The van der Waals surface area contributed by atoms with Crippen molar-refractivity contribution >= 4 is 17.5 Å². The third kappa shape index (κ3) is 4.11. The summed E-state index contributed by atoms with van der Waals surface area (Å²) in [5, 5.41) is 3.48. The summed E-state index contributed by atoms with van der Waals surface area (Å²) in [4.78, 5) is 14.4. The zero-order chi connectivity index (χ0) is 18.5. The minimum atomic E-state index is 0.0190. The molecule has 0 radical (unpaired) electrons. The summed E-state index contributed by atoms with van der Waals surface area (Å²) in [6, 6.07) is 14.0. The minimum Gasteiger partial charge on any atom is -0.493 e. The van der Waals surface area contributed by atoms with E-state index in [1.165, 1.54) is 0 Å². The summed E-state index contributed by atoms with van der Waals surface area (Å²) in [5.74, 6) is 1.22. The second-order valence-corrected chi connectivity index (χ2v) is 6.67. The van der Waals surface area contributed by atoms with Crippen molar-refractivity contribution in [2.45, 2.75) is 19.0 Å². The molecular weight excluding hydrogens is 352 g/mol. The van der Waals surface area contributed by atoms with Gasteiger partial charge in [0.25, 0.3) is 0 Å². The number of hydrogen-bond donors (Lipinski definition) is 1. The van der Waals surface area contributed by atoms with Crippen LogP contribution in [0.15, 0.2) is 42.5 Å². The molecule has 0 bridgehead atoms. The maximum Gasteiger partial charge on any atom is 0.221 e. The van der Waals surface area contributed by atoms with Gasteiger partial charge < -0.3 is 14.8 Å². The van der Waals surface area contributed by atoms with Gasteiger partial charge in [0.05, 0.1) is 19.2 Å². The Kier molecular flexibility index (Phi) is 6.01. The van der Waals surface area contributed by atoms with Crippen LogP contribution in [0.5, 0.6) is 11.5 Å². The molecule has 2 aromatic rings. The number of carbonyl (C=O) groups excluding carboxylic acids is 1. The van der Waals surface area contributed by atoms with Gasteiger partial charge in [-0.1, -0.05) is 41.9 Å². The van der Waals surface area contributed by atoms with E-state index in [0.29, 0.717) is 36.0 Å². The number of amides is 1. The predicted molar refractivity (Wildman–Crippen MR) is 102 cm³/mol.